The molecule has 2 rings (SSSR count). The van der Waals surface area contributed by atoms with Gasteiger partial charge in [0.15, 0.2) is 0 Å². The zero-order valence-corrected chi connectivity index (χ0v) is 15.3. The topological polar surface area (TPSA) is 75.8 Å². The van der Waals surface area contributed by atoms with Crippen molar-refractivity contribution < 1.29 is 17.1 Å². The van der Waals surface area contributed by atoms with Gasteiger partial charge in [-0.05, 0) is 0 Å². The van der Waals surface area contributed by atoms with Gasteiger partial charge in [0.1, 0.15) is 0 Å². The predicted octanol–water partition coefficient (Wildman–Crippen LogP) is 3.89. The van der Waals surface area contributed by atoms with Crippen LogP contribution in [0.3, 0.4) is 0 Å². The standard InChI is InChI=1S/2C6H12N.2CHNS.Cu/c2*1-6-4-2-3-5-7-6;2*2-1-3;/h2*6H,2-5H2,1H3;2*3H;/q2*-1;;;/p-2. The molecule has 0 aliphatic carbocycles. The zero-order valence-electron chi connectivity index (χ0n) is 12.7. The first-order valence-electron chi connectivity index (χ1n) is 6.98. The second kappa shape index (κ2) is 22.1. The number of rotatable bonds is 0. The summed E-state index contributed by atoms with van der Waals surface area (Å²) in [7, 11) is 0. The van der Waals surface area contributed by atoms with E-state index in [-0.39, 0.29) is 17.1 Å². The van der Waals surface area contributed by atoms with Gasteiger partial charge in [-0.25, -0.2) is 10.5 Å². The maximum absolute atomic E-state index is 7.13. The van der Waals surface area contributed by atoms with E-state index in [1.165, 1.54) is 49.3 Å². The van der Waals surface area contributed by atoms with Crippen molar-refractivity contribution in [2.24, 2.45) is 0 Å². The first-order chi connectivity index (χ1) is 9.62. The fourth-order valence-corrected chi connectivity index (χ4v) is 1.91. The minimum atomic E-state index is 0. The van der Waals surface area contributed by atoms with E-state index in [9.17, 15) is 0 Å². The molecule has 127 valence electrons. The molecule has 2 aliphatic rings. The van der Waals surface area contributed by atoms with E-state index in [4.69, 9.17) is 10.5 Å². The third-order valence-corrected chi connectivity index (χ3v) is 2.94. The fraction of sp³-hybridized carbons (Fsp3) is 0.857. The van der Waals surface area contributed by atoms with Crippen LogP contribution in [0.25, 0.3) is 10.6 Å². The van der Waals surface area contributed by atoms with Gasteiger partial charge in [0.25, 0.3) is 0 Å². The monoisotopic (exact) mass is 375 g/mol. The molecule has 2 heterocycles. The first kappa shape index (κ1) is 25.8. The third kappa shape index (κ3) is 25.2. The number of hydrogen-bond donors (Lipinski definition) is 0. The molecule has 2 fully saturated rings. The van der Waals surface area contributed by atoms with E-state index < -0.39 is 0 Å². The quantitative estimate of drug-likeness (QED) is 0.365. The summed E-state index contributed by atoms with van der Waals surface area (Å²) < 4.78 is 0. The van der Waals surface area contributed by atoms with Crippen LogP contribution in [-0.2, 0) is 42.3 Å². The van der Waals surface area contributed by atoms with Crippen molar-refractivity contribution in [1.82, 2.24) is 0 Å². The number of hydrogen-bond acceptors (Lipinski definition) is 4. The van der Waals surface area contributed by atoms with Gasteiger partial charge in [-0.3, -0.25) is 0 Å². The van der Waals surface area contributed by atoms with Crippen molar-refractivity contribution in [3.8, 4) is 10.8 Å². The minimum absolute atomic E-state index is 0. The summed E-state index contributed by atoms with van der Waals surface area (Å²) in [4.78, 5) is 0. The molecule has 0 saturated carbocycles. The van der Waals surface area contributed by atoms with Crippen LogP contribution < -0.4 is 0 Å². The van der Waals surface area contributed by atoms with E-state index in [0.29, 0.717) is 12.1 Å². The maximum Gasteiger partial charge on any atom is 0 e. The molecular weight excluding hydrogens is 352 g/mol. The molecular formula is C14H24CuN4S2-4. The smallest absolute Gasteiger partial charge is 0 e. The van der Waals surface area contributed by atoms with Crippen LogP contribution in [0, 0.1) is 21.3 Å². The summed E-state index contributed by atoms with van der Waals surface area (Å²) in [6.45, 7) is 6.61. The summed E-state index contributed by atoms with van der Waals surface area (Å²) in [6, 6.07) is 1.32. The molecule has 0 bridgehead atoms. The zero-order chi connectivity index (χ0) is 15.6. The number of nitriles is 2. The Morgan fingerprint density at radius 1 is 0.810 bits per heavy atom. The van der Waals surface area contributed by atoms with E-state index in [1.807, 2.05) is 0 Å². The van der Waals surface area contributed by atoms with E-state index in [2.05, 4.69) is 49.7 Å². The Morgan fingerprint density at radius 3 is 1.19 bits per heavy atom. The van der Waals surface area contributed by atoms with Gasteiger partial charge < -0.3 is 35.9 Å². The summed E-state index contributed by atoms with van der Waals surface area (Å²) in [5.41, 5.74) is 0. The Bertz CT molecular complexity index is 239. The average molecular weight is 376 g/mol. The van der Waals surface area contributed by atoms with Crippen LogP contribution in [0.5, 0.6) is 0 Å². The van der Waals surface area contributed by atoms with E-state index in [1.54, 1.807) is 0 Å². The van der Waals surface area contributed by atoms with Gasteiger partial charge in [-0.15, -0.1) is 25.2 Å². The van der Waals surface area contributed by atoms with Gasteiger partial charge in [0.2, 0.25) is 0 Å². The van der Waals surface area contributed by atoms with Crippen LogP contribution in [0.4, 0.5) is 0 Å². The number of piperidine rings is 2. The third-order valence-electron chi connectivity index (χ3n) is 2.94. The second-order valence-corrected chi connectivity index (χ2v) is 5.05. The Labute approximate surface area is 151 Å². The molecule has 2 atom stereocenters. The van der Waals surface area contributed by atoms with Crippen molar-refractivity contribution in [3.63, 3.8) is 0 Å². The summed E-state index contributed by atoms with van der Waals surface area (Å²) in [5, 5.41) is 25.6. The van der Waals surface area contributed by atoms with Crippen molar-refractivity contribution in [2.45, 2.75) is 64.5 Å². The molecule has 4 nitrogen and oxygen atoms in total. The second-order valence-electron chi connectivity index (χ2n) is 4.68. The van der Waals surface area contributed by atoms with E-state index >= 15 is 0 Å². The van der Waals surface area contributed by atoms with Crippen LogP contribution in [-0.4, -0.2) is 25.2 Å². The maximum atomic E-state index is 7.13. The molecule has 0 aromatic heterocycles. The van der Waals surface area contributed by atoms with Crippen LogP contribution in [0.2, 0.25) is 0 Å². The van der Waals surface area contributed by atoms with Crippen molar-refractivity contribution >= 4 is 25.3 Å². The molecule has 0 aromatic rings. The fourth-order valence-electron chi connectivity index (χ4n) is 1.91. The van der Waals surface area contributed by atoms with Gasteiger partial charge >= 0.3 is 0 Å². The molecule has 0 spiro atoms. The molecule has 2 aliphatic heterocycles. The molecule has 1 radical (unpaired) electrons. The van der Waals surface area contributed by atoms with Crippen molar-refractivity contribution in [1.29, 1.82) is 10.5 Å². The van der Waals surface area contributed by atoms with Crippen LogP contribution in [0.15, 0.2) is 0 Å². The predicted molar refractivity (Wildman–Crippen MR) is 89.0 cm³/mol. The van der Waals surface area contributed by atoms with Gasteiger partial charge in [0, 0.05) is 17.1 Å². The summed E-state index contributed by atoms with van der Waals surface area (Å²) >= 11 is 7.40. The molecule has 21 heavy (non-hydrogen) atoms. The Kier molecular flexibility index (Phi) is 27.2. The Hall–Kier alpha value is -0.141. The van der Waals surface area contributed by atoms with Crippen molar-refractivity contribution in [2.75, 3.05) is 13.1 Å². The molecule has 2 saturated heterocycles. The summed E-state index contributed by atoms with van der Waals surface area (Å²) in [5.74, 6) is 0. The van der Waals surface area contributed by atoms with Gasteiger partial charge in [-0.1, -0.05) is 63.2 Å². The SMILES string of the molecule is CC1CCCC[N-]1.CC1CCCC[N-]1.N#C[S-].N#C[S-].[Cu]. The van der Waals surface area contributed by atoms with Crippen molar-refractivity contribution in [3.05, 3.63) is 10.6 Å². The molecule has 2 unspecified atom stereocenters. The molecule has 0 aromatic carbocycles. The van der Waals surface area contributed by atoms with E-state index in [0.717, 1.165) is 13.1 Å². The first-order valence-corrected chi connectivity index (χ1v) is 7.79. The molecule has 7 heteroatoms. The molecule has 0 N–H and O–H groups in total. The van der Waals surface area contributed by atoms with Crippen LogP contribution in [0.1, 0.15) is 52.4 Å². The minimum Gasteiger partial charge on any atom is -0.696 e. The van der Waals surface area contributed by atoms with Gasteiger partial charge in [-0.2, -0.15) is 0 Å². The van der Waals surface area contributed by atoms with Crippen LogP contribution >= 0.6 is 0 Å². The number of thiocyanates is 2. The number of nitrogens with zero attached hydrogens (tertiary/aromatic N) is 4. The Morgan fingerprint density at radius 2 is 1.10 bits per heavy atom. The van der Waals surface area contributed by atoms with Gasteiger partial charge in [0.05, 0.1) is 0 Å². The normalized spacial score (nSPS) is 22.7. The largest absolute Gasteiger partial charge is 0.696 e. The summed E-state index contributed by atoms with van der Waals surface area (Å²) in [6.07, 6.45) is 8.07. The molecule has 0 amide bonds. The average Bonchev–Trinajstić information content (AvgIpc) is 2.43. The Balaban J connectivity index is -0.000000220.